The van der Waals surface area contributed by atoms with Crippen molar-refractivity contribution in [2.75, 3.05) is 38.2 Å². The predicted octanol–water partition coefficient (Wildman–Crippen LogP) is 2.05. The summed E-state index contributed by atoms with van der Waals surface area (Å²) in [5, 5.41) is 0. The molecule has 3 rings (SSSR count). The summed E-state index contributed by atoms with van der Waals surface area (Å²) < 4.78 is 38.9. The molecule has 0 aromatic heterocycles. The van der Waals surface area contributed by atoms with Gasteiger partial charge in [0.15, 0.2) is 11.5 Å². The van der Waals surface area contributed by atoms with E-state index in [0.717, 1.165) is 9.87 Å². The minimum atomic E-state index is -3.99. The summed E-state index contributed by atoms with van der Waals surface area (Å²) in [6, 6.07) is 11.5. The Morgan fingerprint density at radius 1 is 1.04 bits per heavy atom. The molecule has 0 bridgehead atoms. The fraction of sp³-hybridized carbons (Fsp3) is 0.316. The fourth-order valence-corrected chi connectivity index (χ4v) is 4.21. The molecule has 0 aliphatic carbocycles. The average Bonchev–Trinajstić information content (AvgIpc) is 2.66. The highest BCUT2D eigenvalue weighted by molar-refractivity contribution is 7.92. The highest BCUT2D eigenvalue weighted by atomic mass is 32.2. The number of carbonyl (C=O) groups is 1. The first-order chi connectivity index (χ1) is 12.8. The molecular weight excluding hydrogens is 368 g/mol. The van der Waals surface area contributed by atoms with Crippen molar-refractivity contribution >= 4 is 21.6 Å². The van der Waals surface area contributed by atoms with E-state index in [9.17, 15) is 13.2 Å². The van der Waals surface area contributed by atoms with Gasteiger partial charge in [0, 0.05) is 20.2 Å². The van der Waals surface area contributed by atoms with E-state index in [1.165, 1.54) is 17.0 Å². The number of sulfonamides is 1. The minimum absolute atomic E-state index is 0.0431. The number of rotatable bonds is 5. The quantitative estimate of drug-likeness (QED) is 0.781. The van der Waals surface area contributed by atoms with Crippen molar-refractivity contribution in [1.82, 2.24) is 4.90 Å². The summed E-state index contributed by atoms with van der Waals surface area (Å²) >= 11 is 0. The second kappa shape index (κ2) is 7.48. The van der Waals surface area contributed by atoms with Crippen molar-refractivity contribution in [2.45, 2.75) is 11.8 Å². The molecule has 0 N–H and O–H groups in total. The molecule has 0 spiro atoms. The van der Waals surface area contributed by atoms with Gasteiger partial charge in [-0.15, -0.1) is 0 Å². The lowest BCUT2D eigenvalue weighted by atomic mass is 10.2. The van der Waals surface area contributed by atoms with E-state index in [1.54, 1.807) is 32.3 Å². The number of amides is 1. The smallest absolute Gasteiger partial charge is 0.264 e. The molecule has 2 aromatic carbocycles. The maximum atomic E-state index is 13.4. The first kappa shape index (κ1) is 19.0. The van der Waals surface area contributed by atoms with Crippen LogP contribution in [-0.4, -0.2) is 53.1 Å². The van der Waals surface area contributed by atoms with E-state index in [1.807, 2.05) is 19.1 Å². The Labute approximate surface area is 159 Å². The van der Waals surface area contributed by atoms with Crippen LogP contribution in [0.3, 0.4) is 0 Å². The number of likely N-dealkylation sites (N-methyl/N-ethyl adjacent to an activating group) is 1. The van der Waals surface area contributed by atoms with Crippen LogP contribution in [0.1, 0.15) is 5.56 Å². The number of benzene rings is 2. The van der Waals surface area contributed by atoms with E-state index >= 15 is 0 Å². The highest BCUT2D eigenvalue weighted by Crippen LogP contribution is 2.34. The van der Waals surface area contributed by atoms with Crippen LogP contribution in [0.25, 0.3) is 0 Å². The topological polar surface area (TPSA) is 76.2 Å². The Morgan fingerprint density at radius 3 is 2.37 bits per heavy atom. The van der Waals surface area contributed by atoms with E-state index in [-0.39, 0.29) is 17.3 Å². The zero-order valence-electron chi connectivity index (χ0n) is 15.5. The van der Waals surface area contributed by atoms with Crippen LogP contribution < -0.4 is 13.8 Å². The van der Waals surface area contributed by atoms with Crippen LogP contribution in [0.4, 0.5) is 5.69 Å². The van der Waals surface area contributed by atoms with Gasteiger partial charge >= 0.3 is 0 Å². The Kier molecular flexibility index (Phi) is 5.27. The first-order valence-corrected chi connectivity index (χ1v) is 9.93. The van der Waals surface area contributed by atoms with Crippen molar-refractivity contribution in [3.8, 4) is 11.5 Å². The summed E-state index contributed by atoms with van der Waals surface area (Å²) in [6.07, 6.45) is 0. The second-order valence-electron chi connectivity index (χ2n) is 6.39. The maximum absolute atomic E-state index is 13.4. The number of anilines is 1. The molecular formula is C19H22N2O5S. The number of hydrogen-bond donors (Lipinski definition) is 0. The molecule has 27 heavy (non-hydrogen) atoms. The SMILES string of the molecule is Cc1ccccc1N(CC(=O)N(C)C)S(=O)(=O)c1ccc2c(c1)OCCO2. The lowest BCUT2D eigenvalue weighted by Crippen LogP contribution is -2.40. The molecule has 144 valence electrons. The molecule has 0 atom stereocenters. The summed E-state index contributed by atoms with van der Waals surface area (Å²) in [4.78, 5) is 13.7. The van der Waals surface area contributed by atoms with Crippen LogP contribution in [0.5, 0.6) is 11.5 Å². The Bertz CT molecular complexity index is 956. The minimum Gasteiger partial charge on any atom is -0.486 e. The number of aryl methyl sites for hydroxylation is 1. The Balaban J connectivity index is 2.07. The van der Waals surface area contributed by atoms with Crippen molar-refractivity contribution in [1.29, 1.82) is 0 Å². The molecule has 0 saturated carbocycles. The summed E-state index contributed by atoms with van der Waals surface area (Å²) in [5.74, 6) is 0.567. The average molecular weight is 390 g/mol. The fourth-order valence-electron chi connectivity index (χ4n) is 2.72. The van der Waals surface area contributed by atoms with Gasteiger partial charge < -0.3 is 14.4 Å². The van der Waals surface area contributed by atoms with Crippen LogP contribution in [0.2, 0.25) is 0 Å². The third kappa shape index (κ3) is 3.85. The van der Waals surface area contributed by atoms with Gasteiger partial charge in [-0.3, -0.25) is 9.10 Å². The number of carbonyl (C=O) groups excluding carboxylic acids is 1. The summed E-state index contributed by atoms with van der Waals surface area (Å²) in [6.45, 7) is 2.29. The van der Waals surface area contributed by atoms with Gasteiger partial charge in [-0.05, 0) is 30.7 Å². The third-order valence-corrected chi connectivity index (χ3v) is 6.02. The lowest BCUT2D eigenvalue weighted by Gasteiger charge is -2.27. The van der Waals surface area contributed by atoms with Crippen molar-refractivity contribution in [2.24, 2.45) is 0 Å². The van der Waals surface area contributed by atoms with Gasteiger partial charge in [0.1, 0.15) is 19.8 Å². The van der Waals surface area contributed by atoms with Crippen molar-refractivity contribution in [3.05, 3.63) is 48.0 Å². The zero-order chi connectivity index (χ0) is 19.6. The summed E-state index contributed by atoms with van der Waals surface area (Å²) in [5.41, 5.74) is 1.22. The van der Waals surface area contributed by atoms with E-state index in [0.29, 0.717) is 30.4 Å². The van der Waals surface area contributed by atoms with Crippen molar-refractivity contribution in [3.63, 3.8) is 0 Å². The molecule has 1 heterocycles. The monoisotopic (exact) mass is 390 g/mol. The number of hydrogen-bond acceptors (Lipinski definition) is 5. The Morgan fingerprint density at radius 2 is 1.70 bits per heavy atom. The van der Waals surface area contributed by atoms with Crippen LogP contribution >= 0.6 is 0 Å². The molecule has 1 amide bonds. The van der Waals surface area contributed by atoms with E-state index in [4.69, 9.17) is 9.47 Å². The number of para-hydroxylation sites is 1. The number of nitrogens with zero attached hydrogens (tertiary/aromatic N) is 2. The zero-order valence-corrected chi connectivity index (χ0v) is 16.3. The van der Waals surface area contributed by atoms with E-state index < -0.39 is 10.0 Å². The molecule has 0 saturated heterocycles. The van der Waals surface area contributed by atoms with Gasteiger partial charge in [-0.1, -0.05) is 18.2 Å². The van der Waals surface area contributed by atoms with Crippen LogP contribution in [0, 0.1) is 6.92 Å². The molecule has 0 unspecified atom stereocenters. The Hall–Kier alpha value is -2.74. The summed E-state index contributed by atoms with van der Waals surface area (Å²) in [7, 11) is -0.804. The standard InChI is InChI=1S/C19H22N2O5S/c1-14-6-4-5-7-16(14)21(13-19(22)20(2)3)27(23,24)15-8-9-17-18(12-15)26-11-10-25-17/h4-9,12H,10-11,13H2,1-3H3. The van der Waals surface area contributed by atoms with Crippen molar-refractivity contribution < 1.29 is 22.7 Å². The van der Waals surface area contributed by atoms with Gasteiger partial charge in [-0.25, -0.2) is 8.42 Å². The van der Waals surface area contributed by atoms with Crippen LogP contribution in [-0.2, 0) is 14.8 Å². The second-order valence-corrected chi connectivity index (χ2v) is 8.25. The highest BCUT2D eigenvalue weighted by Gasteiger charge is 2.30. The lowest BCUT2D eigenvalue weighted by molar-refractivity contribution is -0.127. The molecule has 0 radical (unpaired) electrons. The van der Waals surface area contributed by atoms with E-state index in [2.05, 4.69) is 0 Å². The van der Waals surface area contributed by atoms with Gasteiger partial charge in [-0.2, -0.15) is 0 Å². The molecule has 8 heteroatoms. The predicted molar refractivity (Wildman–Crippen MR) is 102 cm³/mol. The normalized spacial score (nSPS) is 13.1. The van der Waals surface area contributed by atoms with Crippen LogP contribution in [0.15, 0.2) is 47.4 Å². The first-order valence-electron chi connectivity index (χ1n) is 8.49. The van der Waals surface area contributed by atoms with Gasteiger partial charge in [0.05, 0.1) is 10.6 Å². The number of ether oxygens (including phenoxy) is 2. The largest absolute Gasteiger partial charge is 0.486 e. The molecule has 1 aliphatic heterocycles. The number of fused-ring (bicyclic) bond motifs is 1. The molecule has 0 fully saturated rings. The van der Waals surface area contributed by atoms with Gasteiger partial charge in [0.25, 0.3) is 10.0 Å². The third-order valence-electron chi connectivity index (χ3n) is 4.26. The maximum Gasteiger partial charge on any atom is 0.264 e. The molecule has 7 nitrogen and oxygen atoms in total. The van der Waals surface area contributed by atoms with Gasteiger partial charge in [0.2, 0.25) is 5.91 Å². The molecule has 2 aromatic rings. The molecule has 1 aliphatic rings.